The highest BCUT2D eigenvalue weighted by atomic mass is 19.1. The van der Waals surface area contributed by atoms with Crippen LogP contribution >= 0.6 is 0 Å². The SMILES string of the molecule is CN=C(NCCCOc1ccccc1)NCc1ccc(F)c(COC)c1. The molecule has 0 aliphatic heterocycles. The molecule has 0 aliphatic carbocycles. The number of benzene rings is 2. The summed E-state index contributed by atoms with van der Waals surface area (Å²) >= 11 is 0. The molecule has 0 bridgehead atoms. The van der Waals surface area contributed by atoms with E-state index in [4.69, 9.17) is 9.47 Å². The van der Waals surface area contributed by atoms with Gasteiger partial charge in [0.25, 0.3) is 0 Å². The maximum Gasteiger partial charge on any atom is 0.191 e. The lowest BCUT2D eigenvalue weighted by atomic mass is 10.1. The first-order valence-corrected chi connectivity index (χ1v) is 8.61. The highest BCUT2D eigenvalue weighted by Crippen LogP contribution is 2.11. The van der Waals surface area contributed by atoms with Gasteiger partial charge in [-0.1, -0.05) is 24.3 Å². The maximum absolute atomic E-state index is 13.6. The summed E-state index contributed by atoms with van der Waals surface area (Å²) in [6.45, 7) is 2.18. The molecule has 0 heterocycles. The Labute approximate surface area is 154 Å². The molecule has 2 N–H and O–H groups in total. The van der Waals surface area contributed by atoms with Crippen molar-refractivity contribution in [1.82, 2.24) is 10.6 Å². The minimum absolute atomic E-state index is 0.253. The van der Waals surface area contributed by atoms with Gasteiger partial charge in [0.15, 0.2) is 5.96 Å². The van der Waals surface area contributed by atoms with Crippen LogP contribution in [-0.4, -0.2) is 33.3 Å². The zero-order chi connectivity index (χ0) is 18.6. The third kappa shape index (κ3) is 6.72. The van der Waals surface area contributed by atoms with Gasteiger partial charge in [-0.05, 0) is 36.2 Å². The van der Waals surface area contributed by atoms with Crippen molar-refractivity contribution in [1.29, 1.82) is 0 Å². The van der Waals surface area contributed by atoms with Crippen LogP contribution in [-0.2, 0) is 17.9 Å². The van der Waals surface area contributed by atoms with E-state index in [9.17, 15) is 4.39 Å². The second-order valence-electron chi connectivity index (χ2n) is 5.73. The summed E-state index contributed by atoms with van der Waals surface area (Å²) in [6.07, 6.45) is 0.851. The zero-order valence-electron chi connectivity index (χ0n) is 15.3. The molecule has 2 rings (SSSR count). The topological polar surface area (TPSA) is 54.9 Å². The quantitative estimate of drug-likeness (QED) is 0.410. The third-order valence-corrected chi connectivity index (χ3v) is 3.72. The second-order valence-corrected chi connectivity index (χ2v) is 5.73. The van der Waals surface area contributed by atoms with E-state index in [1.165, 1.54) is 6.07 Å². The van der Waals surface area contributed by atoms with Crippen molar-refractivity contribution in [2.45, 2.75) is 19.6 Å². The number of methoxy groups -OCH3 is 1. The molecule has 0 saturated heterocycles. The Hall–Kier alpha value is -2.60. The minimum Gasteiger partial charge on any atom is -0.494 e. The van der Waals surface area contributed by atoms with Gasteiger partial charge in [-0.15, -0.1) is 0 Å². The Morgan fingerprint density at radius 1 is 1.12 bits per heavy atom. The van der Waals surface area contributed by atoms with Gasteiger partial charge in [0.1, 0.15) is 11.6 Å². The summed E-state index contributed by atoms with van der Waals surface area (Å²) in [4.78, 5) is 4.19. The van der Waals surface area contributed by atoms with Gasteiger partial charge in [-0.2, -0.15) is 0 Å². The second kappa shape index (κ2) is 11.1. The summed E-state index contributed by atoms with van der Waals surface area (Å²) in [5.41, 5.74) is 1.52. The van der Waals surface area contributed by atoms with E-state index < -0.39 is 0 Å². The molecule has 0 aliphatic rings. The lowest BCUT2D eigenvalue weighted by Gasteiger charge is -2.13. The number of guanidine groups is 1. The van der Waals surface area contributed by atoms with Gasteiger partial charge in [0.05, 0.1) is 13.2 Å². The van der Waals surface area contributed by atoms with Gasteiger partial charge in [-0.25, -0.2) is 4.39 Å². The van der Waals surface area contributed by atoms with Crippen molar-refractivity contribution in [2.24, 2.45) is 4.99 Å². The molecule has 2 aromatic carbocycles. The standard InChI is InChI=1S/C20H26FN3O2/c1-22-20(23-11-6-12-26-18-7-4-3-5-8-18)24-14-16-9-10-19(21)17(13-16)15-25-2/h3-5,7-10,13H,6,11-12,14-15H2,1-2H3,(H2,22,23,24). The molecule has 0 fully saturated rings. The van der Waals surface area contributed by atoms with Crippen LogP contribution in [0.4, 0.5) is 4.39 Å². The van der Waals surface area contributed by atoms with Crippen LogP contribution in [0.3, 0.4) is 0 Å². The van der Waals surface area contributed by atoms with Gasteiger partial charge in [-0.3, -0.25) is 4.99 Å². The molecule has 2 aromatic rings. The Balaban J connectivity index is 1.70. The molecular formula is C20H26FN3O2. The predicted molar refractivity (Wildman–Crippen MR) is 102 cm³/mol. The third-order valence-electron chi connectivity index (χ3n) is 3.72. The highest BCUT2D eigenvalue weighted by molar-refractivity contribution is 5.79. The van der Waals surface area contributed by atoms with Crippen LogP contribution in [0.5, 0.6) is 5.75 Å². The first kappa shape index (κ1) is 19.7. The lowest BCUT2D eigenvalue weighted by molar-refractivity contribution is 0.181. The Morgan fingerprint density at radius 3 is 2.65 bits per heavy atom. The Bertz CT molecular complexity index is 693. The molecule has 0 unspecified atom stereocenters. The maximum atomic E-state index is 13.6. The van der Waals surface area contributed by atoms with Crippen molar-refractivity contribution < 1.29 is 13.9 Å². The summed E-state index contributed by atoms with van der Waals surface area (Å²) in [5, 5.41) is 6.46. The molecule has 5 nitrogen and oxygen atoms in total. The van der Waals surface area contributed by atoms with Crippen molar-refractivity contribution >= 4 is 5.96 Å². The van der Waals surface area contributed by atoms with Crippen LogP contribution in [0.25, 0.3) is 0 Å². The number of hydrogen-bond donors (Lipinski definition) is 2. The van der Waals surface area contributed by atoms with Crippen LogP contribution in [0.1, 0.15) is 17.5 Å². The zero-order valence-corrected chi connectivity index (χ0v) is 15.3. The molecule has 0 spiro atoms. The van der Waals surface area contributed by atoms with E-state index >= 15 is 0 Å². The van der Waals surface area contributed by atoms with E-state index in [0.29, 0.717) is 24.7 Å². The molecule has 0 aromatic heterocycles. The first-order valence-electron chi connectivity index (χ1n) is 8.61. The van der Waals surface area contributed by atoms with Crippen molar-refractivity contribution in [3.8, 4) is 5.75 Å². The average molecular weight is 359 g/mol. The van der Waals surface area contributed by atoms with Gasteiger partial charge >= 0.3 is 0 Å². The Morgan fingerprint density at radius 2 is 1.92 bits per heavy atom. The van der Waals surface area contributed by atoms with Crippen LogP contribution < -0.4 is 15.4 Å². The fourth-order valence-corrected chi connectivity index (χ4v) is 2.40. The van der Waals surface area contributed by atoms with Crippen molar-refractivity contribution in [3.63, 3.8) is 0 Å². The fraction of sp³-hybridized carbons (Fsp3) is 0.350. The van der Waals surface area contributed by atoms with E-state index in [-0.39, 0.29) is 12.4 Å². The summed E-state index contributed by atoms with van der Waals surface area (Å²) in [7, 11) is 3.27. The Kier molecular flexibility index (Phi) is 8.42. The molecular weight excluding hydrogens is 333 g/mol. The van der Waals surface area contributed by atoms with Gasteiger partial charge in [0.2, 0.25) is 0 Å². The van der Waals surface area contributed by atoms with Crippen LogP contribution in [0.2, 0.25) is 0 Å². The van der Waals surface area contributed by atoms with Crippen LogP contribution in [0, 0.1) is 5.82 Å². The molecule has 6 heteroatoms. The molecule has 0 atom stereocenters. The van der Waals surface area contributed by atoms with Crippen molar-refractivity contribution in [2.75, 3.05) is 27.3 Å². The fourth-order valence-electron chi connectivity index (χ4n) is 2.40. The smallest absolute Gasteiger partial charge is 0.191 e. The number of hydrogen-bond acceptors (Lipinski definition) is 3. The van der Waals surface area contributed by atoms with Crippen LogP contribution in [0.15, 0.2) is 53.5 Å². The summed E-state index contributed by atoms with van der Waals surface area (Å²) in [5.74, 6) is 1.32. The average Bonchev–Trinajstić information content (AvgIpc) is 2.67. The first-order chi connectivity index (χ1) is 12.7. The predicted octanol–water partition coefficient (Wildman–Crippen LogP) is 3.11. The molecule has 0 saturated carbocycles. The van der Waals surface area contributed by atoms with E-state index in [0.717, 1.165) is 24.3 Å². The number of aliphatic imine (C=N–C) groups is 1. The van der Waals surface area contributed by atoms with Gasteiger partial charge in [0, 0.05) is 32.8 Å². The number of rotatable bonds is 9. The number of ether oxygens (including phenoxy) is 2. The normalized spacial score (nSPS) is 11.3. The lowest BCUT2D eigenvalue weighted by Crippen LogP contribution is -2.37. The molecule has 0 amide bonds. The van der Waals surface area contributed by atoms with E-state index in [2.05, 4.69) is 15.6 Å². The highest BCUT2D eigenvalue weighted by Gasteiger charge is 2.04. The summed E-state index contributed by atoms with van der Waals surface area (Å²) < 4.78 is 24.3. The summed E-state index contributed by atoms with van der Waals surface area (Å²) in [6, 6.07) is 14.8. The number of para-hydroxylation sites is 1. The monoisotopic (exact) mass is 359 g/mol. The number of nitrogens with zero attached hydrogens (tertiary/aromatic N) is 1. The molecule has 140 valence electrons. The van der Waals surface area contributed by atoms with Crippen molar-refractivity contribution in [3.05, 3.63) is 65.5 Å². The van der Waals surface area contributed by atoms with E-state index in [1.54, 1.807) is 26.3 Å². The molecule has 0 radical (unpaired) electrons. The van der Waals surface area contributed by atoms with Gasteiger partial charge < -0.3 is 20.1 Å². The number of halogens is 1. The minimum atomic E-state index is -0.253. The van der Waals surface area contributed by atoms with E-state index in [1.807, 2.05) is 30.3 Å². The largest absolute Gasteiger partial charge is 0.494 e. The molecule has 26 heavy (non-hydrogen) atoms. The number of nitrogens with one attached hydrogen (secondary N) is 2.